The van der Waals surface area contributed by atoms with Gasteiger partial charge in [-0.1, -0.05) is 0 Å². The molecule has 0 saturated heterocycles. The lowest BCUT2D eigenvalue weighted by Gasteiger charge is -2.33. The molecule has 0 atom stereocenters. The molecule has 148 valence electrons. The van der Waals surface area contributed by atoms with E-state index in [1.54, 1.807) is 11.1 Å². The monoisotopic (exact) mass is 396 g/mol. The molecule has 0 spiro atoms. The van der Waals surface area contributed by atoms with Crippen LogP contribution in [0.1, 0.15) is 45.8 Å². The van der Waals surface area contributed by atoms with E-state index in [9.17, 15) is 18.4 Å². The number of carbonyl (C=O) groups excluding carboxylic acids is 2. The smallest absolute Gasteiger partial charge is 0.271 e. The van der Waals surface area contributed by atoms with Gasteiger partial charge in [0.25, 0.3) is 11.8 Å². The quantitative estimate of drug-likeness (QED) is 0.738. The summed E-state index contributed by atoms with van der Waals surface area (Å²) in [5, 5.41) is 4.22. The molecule has 0 bridgehead atoms. The van der Waals surface area contributed by atoms with Gasteiger partial charge in [0.15, 0.2) is 0 Å². The third-order valence-corrected chi connectivity index (χ3v) is 5.08. The van der Waals surface area contributed by atoms with Gasteiger partial charge in [-0.2, -0.15) is 9.89 Å². The Kier molecular flexibility index (Phi) is 4.41. The van der Waals surface area contributed by atoms with Crippen molar-refractivity contribution in [2.24, 2.45) is 0 Å². The van der Waals surface area contributed by atoms with Crippen molar-refractivity contribution in [3.05, 3.63) is 88.7 Å². The average molecular weight is 396 g/mol. The predicted octanol–water partition coefficient (Wildman–Crippen LogP) is 3.44. The molecule has 0 saturated carbocycles. The van der Waals surface area contributed by atoms with Crippen LogP contribution in [0.3, 0.4) is 0 Å². The molecule has 6 nitrogen and oxygen atoms in total. The minimum absolute atomic E-state index is 0.248. The highest BCUT2D eigenvalue weighted by atomic mass is 19.1. The largest absolute Gasteiger partial charge is 0.323 e. The molecule has 0 aliphatic carbocycles. The summed E-state index contributed by atoms with van der Waals surface area (Å²) >= 11 is 0. The Balaban J connectivity index is 1.60. The first-order chi connectivity index (χ1) is 13.8. The number of amides is 2. The zero-order valence-electron chi connectivity index (χ0n) is 15.8. The van der Waals surface area contributed by atoms with Crippen molar-refractivity contribution in [1.82, 2.24) is 14.8 Å². The summed E-state index contributed by atoms with van der Waals surface area (Å²) in [5.41, 5.74) is 4.03. The molecule has 1 N–H and O–H groups in total. The summed E-state index contributed by atoms with van der Waals surface area (Å²) in [6, 6.07) is 10.5. The molecule has 2 amide bonds. The molecule has 4 rings (SSSR count). The van der Waals surface area contributed by atoms with E-state index in [4.69, 9.17) is 0 Å². The van der Waals surface area contributed by atoms with Crippen LogP contribution in [0, 0.1) is 11.6 Å². The average Bonchev–Trinajstić information content (AvgIpc) is 3.21. The van der Waals surface area contributed by atoms with Crippen LogP contribution in [0.15, 0.2) is 54.7 Å². The van der Waals surface area contributed by atoms with Gasteiger partial charge < -0.3 is 4.90 Å². The highest BCUT2D eigenvalue weighted by Gasteiger charge is 2.44. The zero-order valence-corrected chi connectivity index (χ0v) is 15.8. The van der Waals surface area contributed by atoms with E-state index in [0.29, 0.717) is 17.8 Å². The third-order valence-electron chi connectivity index (χ3n) is 5.08. The fourth-order valence-corrected chi connectivity index (χ4v) is 3.57. The summed E-state index contributed by atoms with van der Waals surface area (Å²) in [7, 11) is 0. The van der Waals surface area contributed by atoms with Crippen LogP contribution in [0.4, 0.5) is 8.78 Å². The van der Waals surface area contributed by atoms with Crippen molar-refractivity contribution >= 4 is 11.8 Å². The van der Waals surface area contributed by atoms with Gasteiger partial charge in [0.1, 0.15) is 11.6 Å². The van der Waals surface area contributed by atoms with E-state index in [1.807, 2.05) is 13.8 Å². The first-order valence-electron chi connectivity index (χ1n) is 8.99. The van der Waals surface area contributed by atoms with Crippen LogP contribution >= 0.6 is 0 Å². The van der Waals surface area contributed by atoms with E-state index in [1.165, 1.54) is 53.3 Å². The topological polar surface area (TPSA) is 67.2 Å². The summed E-state index contributed by atoms with van der Waals surface area (Å²) in [6.45, 7) is 4.01. The van der Waals surface area contributed by atoms with Crippen LogP contribution in [0.2, 0.25) is 0 Å². The Morgan fingerprint density at radius 2 is 1.52 bits per heavy atom. The second-order valence-corrected chi connectivity index (χ2v) is 7.34. The maximum absolute atomic E-state index is 13.2. The first kappa shape index (κ1) is 18.8. The van der Waals surface area contributed by atoms with Crippen molar-refractivity contribution in [3.63, 3.8) is 0 Å². The fraction of sp³-hybridized carbons (Fsp3) is 0.190. The van der Waals surface area contributed by atoms with E-state index >= 15 is 0 Å². The number of rotatable bonds is 3. The SMILES string of the molecule is CC1(C)c2c(cnn2NC(=O)c2ccc(F)cc2)CN1C(=O)c1ccc(F)cc1. The Morgan fingerprint density at radius 1 is 0.966 bits per heavy atom. The number of nitrogens with one attached hydrogen (secondary N) is 1. The van der Waals surface area contributed by atoms with Gasteiger partial charge in [0, 0.05) is 16.7 Å². The van der Waals surface area contributed by atoms with E-state index in [2.05, 4.69) is 10.5 Å². The number of nitrogens with zero attached hydrogens (tertiary/aromatic N) is 3. The lowest BCUT2D eigenvalue weighted by atomic mass is 10.00. The molecule has 29 heavy (non-hydrogen) atoms. The number of aromatic nitrogens is 2. The highest BCUT2D eigenvalue weighted by Crippen LogP contribution is 2.39. The number of hydrogen-bond acceptors (Lipinski definition) is 3. The van der Waals surface area contributed by atoms with Crippen LogP contribution in [-0.4, -0.2) is 26.6 Å². The molecule has 8 heteroatoms. The van der Waals surface area contributed by atoms with Gasteiger partial charge in [-0.05, 0) is 62.4 Å². The molecule has 1 aliphatic rings. The molecule has 1 aliphatic heterocycles. The Morgan fingerprint density at radius 3 is 2.10 bits per heavy atom. The van der Waals surface area contributed by atoms with Crippen molar-refractivity contribution in [3.8, 4) is 0 Å². The molecule has 2 heterocycles. The van der Waals surface area contributed by atoms with Crippen LogP contribution in [-0.2, 0) is 12.1 Å². The minimum Gasteiger partial charge on any atom is -0.323 e. The molecular weight excluding hydrogens is 378 g/mol. The van der Waals surface area contributed by atoms with Crippen molar-refractivity contribution in [1.29, 1.82) is 0 Å². The van der Waals surface area contributed by atoms with Crippen molar-refractivity contribution in [2.45, 2.75) is 25.9 Å². The molecular formula is C21H18F2N4O2. The van der Waals surface area contributed by atoms with E-state index in [0.717, 1.165) is 5.56 Å². The van der Waals surface area contributed by atoms with Gasteiger partial charge in [-0.3, -0.25) is 9.59 Å². The second kappa shape index (κ2) is 6.80. The molecule has 0 unspecified atom stereocenters. The minimum atomic E-state index is -0.770. The normalized spacial score (nSPS) is 14.6. The Labute approximate surface area is 165 Å². The van der Waals surface area contributed by atoms with E-state index < -0.39 is 23.1 Å². The molecule has 1 aromatic heterocycles. The Hall–Kier alpha value is -3.55. The molecule has 0 fully saturated rings. The van der Waals surface area contributed by atoms with Crippen LogP contribution in [0.25, 0.3) is 0 Å². The van der Waals surface area contributed by atoms with Crippen molar-refractivity contribution in [2.75, 3.05) is 5.43 Å². The fourth-order valence-electron chi connectivity index (χ4n) is 3.57. The van der Waals surface area contributed by atoms with Gasteiger partial charge in [-0.15, -0.1) is 0 Å². The number of carbonyl (C=O) groups is 2. The maximum Gasteiger partial charge on any atom is 0.271 e. The highest BCUT2D eigenvalue weighted by molar-refractivity contribution is 6.00. The van der Waals surface area contributed by atoms with Gasteiger partial charge in [-0.25, -0.2) is 14.2 Å². The van der Waals surface area contributed by atoms with E-state index in [-0.39, 0.29) is 11.5 Å². The van der Waals surface area contributed by atoms with Gasteiger partial charge >= 0.3 is 0 Å². The number of hydrogen-bond donors (Lipinski definition) is 1. The number of fused-ring (bicyclic) bond motifs is 1. The molecule has 2 aromatic carbocycles. The van der Waals surface area contributed by atoms with Gasteiger partial charge in [0.05, 0.1) is 24.0 Å². The lowest BCUT2D eigenvalue weighted by molar-refractivity contribution is 0.0562. The maximum atomic E-state index is 13.2. The number of halogens is 2. The molecule has 0 radical (unpaired) electrons. The summed E-state index contributed by atoms with van der Waals surface area (Å²) in [5.74, 6) is -1.54. The summed E-state index contributed by atoms with van der Waals surface area (Å²) < 4.78 is 26.3. The standard InChI is InChI=1S/C21H18F2N4O2/c1-21(2)18-15(12-26(21)20(29)14-5-9-17(23)10-6-14)11-24-27(18)25-19(28)13-3-7-16(22)8-4-13/h3-11H,12H2,1-2H3,(H,25,28). The second-order valence-electron chi connectivity index (χ2n) is 7.34. The summed E-state index contributed by atoms with van der Waals surface area (Å²) in [4.78, 5) is 28.5. The van der Waals surface area contributed by atoms with Gasteiger partial charge in [0.2, 0.25) is 0 Å². The molecule has 3 aromatic rings. The third kappa shape index (κ3) is 3.26. The predicted molar refractivity (Wildman–Crippen MR) is 102 cm³/mol. The number of benzene rings is 2. The van der Waals surface area contributed by atoms with Crippen molar-refractivity contribution < 1.29 is 18.4 Å². The summed E-state index contributed by atoms with van der Waals surface area (Å²) in [6.07, 6.45) is 1.60. The lowest BCUT2D eigenvalue weighted by Crippen LogP contribution is -2.43. The van der Waals surface area contributed by atoms with Crippen LogP contribution < -0.4 is 5.43 Å². The first-order valence-corrected chi connectivity index (χ1v) is 8.99. The van der Waals surface area contributed by atoms with Crippen LogP contribution in [0.5, 0.6) is 0 Å². The Bertz CT molecular complexity index is 1090. The zero-order chi connectivity index (χ0) is 20.8.